The molecule has 1 heterocycles. The Morgan fingerprint density at radius 1 is 1.08 bits per heavy atom. The molecule has 37 heavy (non-hydrogen) atoms. The number of benzene rings is 1. The number of hydrogen-bond donors (Lipinski definition) is 3. The summed E-state index contributed by atoms with van der Waals surface area (Å²) in [6.07, 6.45) is 7.35. The first-order valence-corrected chi connectivity index (χ1v) is 13.3. The number of nitrogens with one attached hydrogen (secondary N) is 1. The van der Waals surface area contributed by atoms with Gasteiger partial charge in [0.15, 0.2) is 0 Å². The maximum Gasteiger partial charge on any atom is 0.305 e. The van der Waals surface area contributed by atoms with E-state index >= 15 is 0 Å². The molecule has 206 valence electrons. The highest BCUT2D eigenvalue weighted by molar-refractivity contribution is 5.95. The highest BCUT2D eigenvalue weighted by Gasteiger charge is 2.42. The molecule has 1 saturated heterocycles. The van der Waals surface area contributed by atoms with E-state index in [1.54, 1.807) is 0 Å². The Hall–Kier alpha value is -2.98. The van der Waals surface area contributed by atoms with Crippen LogP contribution < -0.4 is 11.1 Å². The second-order valence-electron chi connectivity index (χ2n) is 9.50. The second kappa shape index (κ2) is 16.7. The summed E-state index contributed by atoms with van der Waals surface area (Å²) in [4.78, 5) is 51.4. The van der Waals surface area contributed by atoms with Crippen LogP contribution in [-0.2, 0) is 30.3 Å². The van der Waals surface area contributed by atoms with E-state index in [1.807, 2.05) is 30.3 Å². The Balaban J connectivity index is 1.99. The molecule has 10 nitrogen and oxygen atoms in total. The topological polar surface area (TPSA) is 142 Å². The molecule has 0 bridgehead atoms. The van der Waals surface area contributed by atoms with Crippen LogP contribution in [0.1, 0.15) is 69.8 Å². The summed E-state index contributed by atoms with van der Waals surface area (Å²) in [7, 11) is 1.39. The van der Waals surface area contributed by atoms with Crippen molar-refractivity contribution in [3.63, 3.8) is 0 Å². The largest absolute Gasteiger partial charge is 0.469 e. The molecule has 1 aliphatic heterocycles. The minimum absolute atomic E-state index is 0.0895. The van der Waals surface area contributed by atoms with Gasteiger partial charge < -0.3 is 20.7 Å². The average Bonchev–Trinajstić information content (AvgIpc) is 2.90. The Bertz CT molecular complexity index is 866. The van der Waals surface area contributed by atoms with Crippen LogP contribution >= 0.6 is 0 Å². The van der Waals surface area contributed by atoms with Gasteiger partial charge in [-0.3, -0.25) is 24.4 Å². The Kier molecular flexibility index (Phi) is 13.7. The number of carbonyl (C=O) groups is 4. The van der Waals surface area contributed by atoms with Gasteiger partial charge in [0, 0.05) is 31.8 Å². The highest BCUT2D eigenvalue weighted by Crippen LogP contribution is 2.23. The Morgan fingerprint density at radius 3 is 2.43 bits per heavy atom. The number of unbranched alkanes of at least 4 members (excludes halogenated alkanes) is 5. The third-order valence-corrected chi connectivity index (χ3v) is 6.66. The van der Waals surface area contributed by atoms with Crippen molar-refractivity contribution >= 4 is 23.7 Å². The number of methoxy groups -OCH3 is 1. The van der Waals surface area contributed by atoms with Gasteiger partial charge >= 0.3 is 5.97 Å². The maximum absolute atomic E-state index is 13.4. The van der Waals surface area contributed by atoms with Gasteiger partial charge in [0.1, 0.15) is 12.6 Å². The smallest absolute Gasteiger partial charge is 0.305 e. The van der Waals surface area contributed by atoms with Crippen molar-refractivity contribution in [2.45, 2.75) is 82.7 Å². The first-order valence-electron chi connectivity index (χ1n) is 13.3. The van der Waals surface area contributed by atoms with Crippen molar-refractivity contribution in [1.82, 2.24) is 15.3 Å². The predicted octanol–water partition coefficient (Wildman–Crippen LogP) is 2.18. The molecule has 10 heteroatoms. The number of hydroxylamine groups is 2. The fourth-order valence-corrected chi connectivity index (χ4v) is 4.53. The van der Waals surface area contributed by atoms with E-state index in [9.17, 15) is 24.4 Å². The lowest BCUT2D eigenvalue weighted by Crippen LogP contribution is -2.62. The van der Waals surface area contributed by atoms with Gasteiger partial charge in [-0.15, -0.1) is 0 Å². The van der Waals surface area contributed by atoms with Gasteiger partial charge in [-0.05, 0) is 31.4 Å². The summed E-state index contributed by atoms with van der Waals surface area (Å²) in [5.41, 5.74) is 6.34. The zero-order chi connectivity index (χ0) is 27.0. The lowest BCUT2D eigenvalue weighted by Gasteiger charge is -2.40. The number of carbonyl (C=O) groups excluding carboxylic acids is 4. The lowest BCUT2D eigenvalue weighted by atomic mass is 9.97. The third kappa shape index (κ3) is 10.5. The first kappa shape index (κ1) is 30.2. The predicted molar refractivity (Wildman–Crippen MR) is 138 cm³/mol. The summed E-state index contributed by atoms with van der Waals surface area (Å²) in [5, 5.41) is 13.8. The molecule has 1 aromatic rings. The number of esters is 1. The number of nitrogens with two attached hydrogens (primary N) is 1. The van der Waals surface area contributed by atoms with E-state index < -0.39 is 18.0 Å². The monoisotopic (exact) mass is 518 g/mol. The van der Waals surface area contributed by atoms with Crippen molar-refractivity contribution in [3.8, 4) is 0 Å². The van der Waals surface area contributed by atoms with Gasteiger partial charge in [-0.1, -0.05) is 62.4 Å². The summed E-state index contributed by atoms with van der Waals surface area (Å²) in [6.45, 7) is 0.673. The highest BCUT2D eigenvalue weighted by atomic mass is 16.5. The molecule has 3 amide bonds. The minimum Gasteiger partial charge on any atom is -0.469 e. The van der Waals surface area contributed by atoms with Crippen LogP contribution in [0.3, 0.4) is 0 Å². The van der Waals surface area contributed by atoms with Gasteiger partial charge in [-0.25, -0.2) is 5.06 Å². The number of ether oxygens (including phenoxy) is 1. The SMILES string of the molecule is COC(=O)CCCCCCCCC(CC(=O)NCCCN)N1CC(=O)N(O)C(Cc2ccccc2)C1=O. The molecule has 0 aliphatic carbocycles. The molecule has 2 atom stereocenters. The lowest BCUT2D eigenvalue weighted by molar-refractivity contribution is -0.195. The minimum atomic E-state index is -1.03. The molecule has 1 aromatic carbocycles. The molecule has 1 aliphatic rings. The molecule has 0 spiro atoms. The summed E-state index contributed by atoms with van der Waals surface area (Å²) in [6, 6.07) is 7.76. The summed E-state index contributed by atoms with van der Waals surface area (Å²) < 4.78 is 4.65. The van der Waals surface area contributed by atoms with E-state index in [2.05, 4.69) is 10.1 Å². The first-order chi connectivity index (χ1) is 17.9. The number of piperazine rings is 1. The van der Waals surface area contributed by atoms with Gasteiger partial charge in [0.2, 0.25) is 11.8 Å². The van der Waals surface area contributed by atoms with E-state index in [4.69, 9.17) is 5.73 Å². The molecule has 4 N–H and O–H groups in total. The van der Waals surface area contributed by atoms with Gasteiger partial charge in [0.05, 0.1) is 7.11 Å². The zero-order valence-corrected chi connectivity index (χ0v) is 21.9. The van der Waals surface area contributed by atoms with Crippen LogP contribution in [0.25, 0.3) is 0 Å². The number of nitrogens with zero attached hydrogens (tertiary/aromatic N) is 2. The Morgan fingerprint density at radius 2 is 1.76 bits per heavy atom. The van der Waals surface area contributed by atoms with Crippen LogP contribution in [0.5, 0.6) is 0 Å². The van der Waals surface area contributed by atoms with Crippen molar-refractivity contribution in [3.05, 3.63) is 35.9 Å². The normalized spacial score (nSPS) is 16.6. The fraction of sp³-hybridized carbons (Fsp3) is 0.630. The van der Waals surface area contributed by atoms with Crippen molar-refractivity contribution in [1.29, 1.82) is 0 Å². The quantitative estimate of drug-likeness (QED) is 0.163. The molecule has 1 fully saturated rings. The molecular weight excluding hydrogens is 476 g/mol. The molecular formula is C27H42N4O6. The van der Waals surface area contributed by atoms with E-state index in [0.717, 1.165) is 44.1 Å². The zero-order valence-electron chi connectivity index (χ0n) is 21.9. The number of rotatable bonds is 17. The standard InChI is InChI=1S/C27H42N4O6/c1-37-26(34)15-10-5-3-2-4-9-14-22(19-24(32)29-17-11-16-28)30-20-25(33)31(36)23(27(30)35)18-21-12-7-6-8-13-21/h6-8,12-13,22-23,36H,2-5,9-11,14-20,28H2,1H3,(H,29,32). The third-order valence-electron chi connectivity index (χ3n) is 6.66. The second-order valence-corrected chi connectivity index (χ2v) is 9.50. The maximum atomic E-state index is 13.4. The van der Waals surface area contributed by atoms with Gasteiger partial charge in [-0.2, -0.15) is 0 Å². The molecule has 0 radical (unpaired) electrons. The van der Waals surface area contributed by atoms with Crippen molar-refractivity contribution in [2.24, 2.45) is 5.73 Å². The Labute approximate surface area is 219 Å². The van der Waals surface area contributed by atoms with E-state index in [1.165, 1.54) is 12.0 Å². The van der Waals surface area contributed by atoms with E-state index in [0.29, 0.717) is 37.4 Å². The van der Waals surface area contributed by atoms with Crippen LogP contribution in [-0.4, -0.2) is 77.7 Å². The number of amides is 3. The number of hydrogen-bond acceptors (Lipinski definition) is 7. The van der Waals surface area contributed by atoms with Gasteiger partial charge in [0.25, 0.3) is 5.91 Å². The van der Waals surface area contributed by atoms with Crippen molar-refractivity contribution in [2.75, 3.05) is 26.7 Å². The van der Waals surface area contributed by atoms with Crippen molar-refractivity contribution < 1.29 is 29.1 Å². The fourth-order valence-electron chi connectivity index (χ4n) is 4.53. The molecule has 0 saturated carbocycles. The molecule has 2 rings (SSSR count). The average molecular weight is 519 g/mol. The molecule has 2 unspecified atom stereocenters. The molecule has 0 aromatic heterocycles. The van der Waals surface area contributed by atoms with Crippen LogP contribution in [0.15, 0.2) is 30.3 Å². The van der Waals surface area contributed by atoms with Crippen LogP contribution in [0, 0.1) is 0 Å². The summed E-state index contributed by atoms with van der Waals surface area (Å²) >= 11 is 0. The van der Waals surface area contributed by atoms with Crippen LogP contribution in [0.4, 0.5) is 0 Å². The van der Waals surface area contributed by atoms with E-state index in [-0.39, 0.29) is 37.2 Å². The summed E-state index contributed by atoms with van der Waals surface area (Å²) in [5.74, 6) is -1.29. The van der Waals surface area contributed by atoms with Crippen LogP contribution in [0.2, 0.25) is 0 Å².